The van der Waals surface area contributed by atoms with E-state index in [9.17, 15) is 9.59 Å². The molecule has 0 radical (unpaired) electrons. The quantitative estimate of drug-likeness (QED) is 0.224. The summed E-state index contributed by atoms with van der Waals surface area (Å²) in [7, 11) is -6.27. The van der Waals surface area contributed by atoms with E-state index in [1.54, 1.807) is 0 Å². The van der Waals surface area contributed by atoms with Gasteiger partial charge in [-0.3, -0.25) is 9.59 Å². The Kier molecular flexibility index (Phi) is 9.24. The normalized spacial score (nSPS) is 12.5. The molecule has 0 aliphatic heterocycles. The number of hydrogen-bond donors (Lipinski definition) is 0. The highest BCUT2D eigenvalue weighted by atomic mass is 28.4. The molecule has 0 fully saturated rings. The van der Waals surface area contributed by atoms with Crippen molar-refractivity contribution in [3.63, 3.8) is 0 Å². The Bertz CT molecular complexity index is 642. The van der Waals surface area contributed by atoms with Crippen LogP contribution in [-0.2, 0) is 32.0 Å². The molecule has 0 saturated carbocycles. The van der Waals surface area contributed by atoms with Gasteiger partial charge in [-0.1, -0.05) is 30.3 Å². The number of benzene rings is 1. The number of hydrogen-bond acceptors (Lipinski definition) is 7. The van der Waals surface area contributed by atoms with Crippen LogP contribution in [0.2, 0.25) is 45.8 Å². The molecule has 0 saturated heterocycles. The Morgan fingerprint density at radius 3 is 1.79 bits per heavy atom. The molecule has 7 nitrogen and oxygen atoms in total. The zero-order valence-corrected chi connectivity index (χ0v) is 20.9. The van der Waals surface area contributed by atoms with Crippen LogP contribution in [0.5, 0.6) is 0 Å². The fourth-order valence-corrected chi connectivity index (χ4v) is 10.4. The molecule has 0 spiro atoms. The van der Waals surface area contributed by atoms with Crippen LogP contribution in [0.3, 0.4) is 0 Å². The highest BCUT2D eigenvalue weighted by Crippen LogP contribution is 2.15. The number of esters is 2. The maximum Gasteiger partial charge on any atom is 0.324 e. The van der Waals surface area contributed by atoms with Gasteiger partial charge >= 0.3 is 20.5 Å². The van der Waals surface area contributed by atoms with E-state index in [-0.39, 0.29) is 13.6 Å². The lowest BCUT2D eigenvalue weighted by Gasteiger charge is -2.30. The first-order valence-corrected chi connectivity index (χ1v) is 18.3. The molecule has 0 aliphatic rings. The maximum atomic E-state index is 11.8. The summed E-state index contributed by atoms with van der Waals surface area (Å²) in [6.07, 6.45) is -0.489. The van der Waals surface area contributed by atoms with E-state index >= 15 is 0 Å². The lowest BCUT2D eigenvalue weighted by molar-refractivity contribution is -0.162. The van der Waals surface area contributed by atoms with Crippen molar-refractivity contribution >= 4 is 42.3 Å². The molecule has 0 amide bonds. The standard InChI is InChI=1S/C18H32O7Si3/c1-26(2,3)25-28(6,7)24-15-22-18(20)13-17(19)21-14-23-27(4,5)16-11-9-8-10-12-16/h8-12H,13-15H2,1-7H3. The molecule has 0 heterocycles. The predicted molar refractivity (Wildman–Crippen MR) is 114 cm³/mol. The van der Waals surface area contributed by atoms with Crippen LogP contribution in [0, 0.1) is 0 Å². The van der Waals surface area contributed by atoms with Gasteiger partial charge in [0.2, 0.25) is 8.32 Å². The van der Waals surface area contributed by atoms with E-state index in [2.05, 4.69) is 19.6 Å². The van der Waals surface area contributed by atoms with Gasteiger partial charge in [-0.15, -0.1) is 0 Å². The Morgan fingerprint density at radius 1 is 0.786 bits per heavy atom. The molecule has 0 bridgehead atoms. The topological polar surface area (TPSA) is 80.3 Å². The minimum atomic E-state index is -2.37. The second-order valence-electron chi connectivity index (χ2n) is 8.22. The average Bonchev–Trinajstić information content (AvgIpc) is 2.52. The highest BCUT2D eigenvalue weighted by Gasteiger charge is 2.32. The third-order valence-corrected chi connectivity index (χ3v) is 11.4. The van der Waals surface area contributed by atoms with Crippen LogP contribution in [-0.4, -0.2) is 50.7 Å². The smallest absolute Gasteiger partial charge is 0.324 e. The largest absolute Gasteiger partial charge is 0.439 e. The second-order valence-corrected chi connectivity index (χ2v) is 20.2. The van der Waals surface area contributed by atoms with Crippen LogP contribution < -0.4 is 5.19 Å². The highest BCUT2D eigenvalue weighted by molar-refractivity contribution is 6.84. The molecule has 1 aromatic carbocycles. The van der Waals surface area contributed by atoms with E-state index < -0.39 is 43.6 Å². The molecule has 28 heavy (non-hydrogen) atoms. The molecular weight excluding hydrogens is 412 g/mol. The molecule has 1 rings (SSSR count). The van der Waals surface area contributed by atoms with Crippen molar-refractivity contribution in [1.82, 2.24) is 0 Å². The van der Waals surface area contributed by atoms with Crippen LogP contribution in [0.25, 0.3) is 0 Å². The average molecular weight is 445 g/mol. The number of carbonyl (C=O) groups is 2. The Labute approximate surface area is 170 Å². The number of rotatable bonds is 11. The van der Waals surface area contributed by atoms with Gasteiger partial charge in [-0.25, -0.2) is 0 Å². The maximum absolute atomic E-state index is 11.8. The molecule has 0 aromatic heterocycles. The number of ether oxygens (including phenoxy) is 2. The first-order valence-electron chi connectivity index (χ1n) is 9.16. The fourth-order valence-electron chi connectivity index (χ4n) is 2.39. The third kappa shape index (κ3) is 10.3. The molecular formula is C18H32O7Si3. The van der Waals surface area contributed by atoms with E-state index in [1.165, 1.54) is 0 Å². The van der Waals surface area contributed by atoms with Gasteiger partial charge in [-0.2, -0.15) is 0 Å². The minimum absolute atomic E-state index is 0.194. The van der Waals surface area contributed by atoms with Crippen molar-refractivity contribution < 1.29 is 32.0 Å². The van der Waals surface area contributed by atoms with Crippen molar-refractivity contribution in [3.8, 4) is 0 Å². The van der Waals surface area contributed by atoms with Crippen LogP contribution in [0.1, 0.15) is 6.42 Å². The second kappa shape index (κ2) is 10.5. The third-order valence-electron chi connectivity index (χ3n) is 3.58. The summed E-state index contributed by atoms with van der Waals surface area (Å²) in [5.74, 6) is -1.40. The van der Waals surface area contributed by atoms with Gasteiger partial charge in [0.25, 0.3) is 0 Å². The summed E-state index contributed by atoms with van der Waals surface area (Å²) < 4.78 is 27.3. The van der Waals surface area contributed by atoms with Gasteiger partial charge in [0, 0.05) is 0 Å². The van der Waals surface area contributed by atoms with Crippen molar-refractivity contribution in [2.75, 3.05) is 13.6 Å². The first kappa shape index (κ1) is 24.7. The Hall–Kier alpha value is -1.31. The van der Waals surface area contributed by atoms with Gasteiger partial charge in [-0.05, 0) is 51.0 Å². The minimum Gasteiger partial charge on any atom is -0.439 e. The van der Waals surface area contributed by atoms with Crippen molar-refractivity contribution in [1.29, 1.82) is 0 Å². The van der Waals surface area contributed by atoms with Gasteiger partial charge < -0.3 is 22.4 Å². The number of carbonyl (C=O) groups excluding carboxylic acids is 2. The van der Waals surface area contributed by atoms with Crippen molar-refractivity contribution in [3.05, 3.63) is 30.3 Å². The molecule has 10 heteroatoms. The van der Waals surface area contributed by atoms with Crippen LogP contribution in [0.4, 0.5) is 0 Å². The summed E-state index contributed by atoms with van der Waals surface area (Å²) in [4.78, 5) is 23.5. The molecule has 0 aliphatic carbocycles. The summed E-state index contributed by atoms with van der Waals surface area (Å²) in [5.41, 5.74) is 0. The zero-order chi connectivity index (χ0) is 21.4. The van der Waals surface area contributed by atoms with Crippen LogP contribution in [0.15, 0.2) is 30.3 Å². The summed E-state index contributed by atoms with van der Waals surface area (Å²) in [6.45, 7) is 13.6. The molecule has 158 valence electrons. The van der Waals surface area contributed by atoms with E-state index in [0.717, 1.165) is 5.19 Å². The van der Waals surface area contributed by atoms with Crippen molar-refractivity contribution in [2.24, 2.45) is 0 Å². The predicted octanol–water partition coefficient (Wildman–Crippen LogP) is 3.08. The van der Waals surface area contributed by atoms with E-state index in [4.69, 9.17) is 22.4 Å². The lowest BCUT2D eigenvalue weighted by Crippen LogP contribution is -2.45. The van der Waals surface area contributed by atoms with Gasteiger partial charge in [0.05, 0.1) is 0 Å². The first-order chi connectivity index (χ1) is 12.8. The Morgan fingerprint density at radius 2 is 1.29 bits per heavy atom. The molecule has 0 N–H and O–H groups in total. The Balaban J connectivity index is 2.29. The monoisotopic (exact) mass is 444 g/mol. The molecule has 0 atom stereocenters. The van der Waals surface area contributed by atoms with Crippen LogP contribution >= 0.6 is 0 Å². The SMILES string of the molecule is C[Si](C)(C)O[Si](C)(C)OCOC(=O)CC(=O)OCO[Si](C)(C)c1ccccc1. The van der Waals surface area contributed by atoms with Crippen molar-refractivity contribution in [2.45, 2.75) is 52.2 Å². The summed E-state index contributed by atoms with van der Waals surface area (Å²) >= 11 is 0. The van der Waals surface area contributed by atoms with E-state index in [0.29, 0.717) is 0 Å². The van der Waals surface area contributed by atoms with Gasteiger partial charge in [0.15, 0.2) is 21.9 Å². The molecule has 0 unspecified atom stereocenters. The van der Waals surface area contributed by atoms with Gasteiger partial charge in [0.1, 0.15) is 6.42 Å². The zero-order valence-electron chi connectivity index (χ0n) is 17.9. The summed E-state index contributed by atoms with van der Waals surface area (Å²) in [6, 6.07) is 9.79. The summed E-state index contributed by atoms with van der Waals surface area (Å²) in [5, 5.41) is 1.09. The molecule has 1 aromatic rings. The fraction of sp³-hybridized carbons (Fsp3) is 0.556. The lowest BCUT2D eigenvalue weighted by atomic mass is 10.4. The van der Waals surface area contributed by atoms with E-state index in [1.807, 2.05) is 56.5 Å².